The monoisotopic (exact) mass is 182 g/mol. The molecule has 1 saturated heterocycles. The first kappa shape index (κ1) is 8.53. The van der Waals surface area contributed by atoms with Gasteiger partial charge in [-0.2, -0.15) is 0 Å². The zero-order valence-electron chi connectivity index (χ0n) is 7.56. The molecule has 2 aliphatic rings. The number of rotatable bonds is 0. The van der Waals surface area contributed by atoms with Crippen molar-refractivity contribution in [2.24, 2.45) is 5.41 Å². The van der Waals surface area contributed by atoms with Crippen LogP contribution in [0.5, 0.6) is 0 Å². The van der Waals surface area contributed by atoms with Crippen LogP contribution in [0, 0.1) is 5.41 Å². The smallest absolute Gasteiger partial charge is 0.321 e. The van der Waals surface area contributed by atoms with Crippen molar-refractivity contribution in [2.75, 3.05) is 6.54 Å². The molecule has 0 radical (unpaired) electrons. The van der Waals surface area contributed by atoms with Crippen LogP contribution in [0.15, 0.2) is 0 Å². The van der Waals surface area contributed by atoms with E-state index in [0.29, 0.717) is 6.54 Å². The Morgan fingerprint density at radius 1 is 1.08 bits per heavy atom. The van der Waals surface area contributed by atoms with E-state index in [4.69, 9.17) is 0 Å². The Labute approximate surface area is 77.1 Å². The maximum absolute atomic E-state index is 11.6. The SMILES string of the molecule is O=C1NCC2(CCCCC2)C(=O)N1. The van der Waals surface area contributed by atoms with Crippen molar-refractivity contribution in [2.45, 2.75) is 32.1 Å². The molecule has 0 aromatic heterocycles. The highest BCUT2D eigenvalue weighted by molar-refractivity contribution is 6.00. The highest BCUT2D eigenvalue weighted by Crippen LogP contribution is 2.36. The normalized spacial score (nSPS) is 26.8. The number of nitrogens with one attached hydrogen (secondary N) is 2. The van der Waals surface area contributed by atoms with E-state index in [0.717, 1.165) is 25.7 Å². The molecule has 0 aromatic carbocycles. The summed E-state index contributed by atoms with van der Waals surface area (Å²) in [6.45, 7) is 0.525. The van der Waals surface area contributed by atoms with Crippen molar-refractivity contribution >= 4 is 11.9 Å². The Morgan fingerprint density at radius 2 is 1.77 bits per heavy atom. The first-order valence-electron chi connectivity index (χ1n) is 4.82. The van der Waals surface area contributed by atoms with Crippen LogP contribution in [0.4, 0.5) is 4.79 Å². The summed E-state index contributed by atoms with van der Waals surface area (Å²) in [5, 5.41) is 5.05. The number of hydrogen-bond acceptors (Lipinski definition) is 2. The van der Waals surface area contributed by atoms with Crippen LogP contribution in [0.3, 0.4) is 0 Å². The van der Waals surface area contributed by atoms with Gasteiger partial charge in [-0.25, -0.2) is 4.79 Å². The third-order valence-corrected chi connectivity index (χ3v) is 3.11. The second-order valence-electron chi connectivity index (χ2n) is 3.98. The maximum Gasteiger partial charge on any atom is 0.321 e. The number of urea groups is 1. The molecule has 3 amide bonds. The van der Waals surface area contributed by atoms with Gasteiger partial charge in [0.05, 0.1) is 5.41 Å². The first-order chi connectivity index (χ1) is 6.23. The molecule has 0 aromatic rings. The summed E-state index contributed by atoms with van der Waals surface area (Å²) < 4.78 is 0. The van der Waals surface area contributed by atoms with Crippen molar-refractivity contribution in [3.63, 3.8) is 0 Å². The Kier molecular flexibility index (Phi) is 1.98. The van der Waals surface area contributed by atoms with Crippen LogP contribution in [0.25, 0.3) is 0 Å². The Bertz CT molecular complexity index is 244. The van der Waals surface area contributed by atoms with E-state index >= 15 is 0 Å². The number of imide groups is 1. The van der Waals surface area contributed by atoms with Gasteiger partial charge in [-0.3, -0.25) is 10.1 Å². The summed E-state index contributed by atoms with van der Waals surface area (Å²) in [6, 6.07) is -0.346. The van der Waals surface area contributed by atoms with Crippen molar-refractivity contribution in [1.29, 1.82) is 0 Å². The quantitative estimate of drug-likeness (QED) is 0.581. The van der Waals surface area contributed by atoms with Crippen LogP contribution >= 0.6 is 0 Å². The molecule has 1 spiro atoms. The van der Waals surface area contributed by atoms with Gasteiger partial charge < -0.3 is 5.32 Å². The highest BCUT2D eigenvalue weighted by atomic mass is 16.2. The van der Waals surface area contributed by atoms with E-state index in [1.165, 1.54) is 6.42 Å². The van der Waals surface area contributed by atoms with E-state index in [2.05, 4.69) is 10.6 Å². The minimum atomic E-state index is -0.346. The lowest BCUT2D eigenvalue weighted by molar-refractivity contribution is -0.132. The van der Waals surface area contributed by atoms with Crippen LogP contribution < -0.4 is 10.6 Å². The van der Waals surface area contributed by atoms with Gasteiger partial charge in [-0.05, 0) is 12.8 Å². The fourth-order valence-electron chi connectivity index (χ4n) is 2.24. The van der Waals surface area contributed by atoms with Crippen LogP contribution in [-0.2, 0) is 4.79 Å². The molecular formula is C9H14N2O2. The topological polar surface area (TPSA) is 58.2 Å². The molecule has 72 valence electrons. The molecule has 1 saturated carbocycles. The summed E-state index contributed by atoms with van der Waals surface area (Å²) >= 11 is 0. The Morgan fingerprint density at radius 3 is 2.38 bits per heavy atom. The molecule has 0 atom stereocenters. The summed E-state index contributed by atoms with van der Waals surface area (Å²) in [5.41, 5.74) is -0.286. The van der Waals surface area contributed by atoms with Gasteiger partial charge >= 0.3 is 6.03 Å². The zero-order valence-corrected chi connectivity index (χ0v) is 7.56. The summed E-state index contributed by atoms with van der Waals surface area (Å²) in [7, 11) is 0. The third kappa shape index (κ3) is 1.41. The molecule has 1 heterocycles. The molecule has 13 heavy (non-hydrogen) atoms. The van der Waals surface area contributed by atoms with Crippen LogP contribution in [0.1, 0.15) is 32.1 Å². The molecule has 2 N–H and O–H groups in total. The van der Waals surface area contributed by atoms with Crippen LogP contribution in [0.2, 0.25) is 0 Å². The van der Waals surface area contributed by atoms with E-state index in [-0.39, 0.29) is 17.4 Å². The number of amides is 3. The van der Waals surface area contributed by atoms with Gasteiger partial charge in [-0.1, -0.05) is 19.3 Å². The van der Waals surface area contributed by atoms with Crippen LogP contribution in [-0.4, -0.2) is 18.5 Å². The summed E-state index contributed by atoms with van der Waals surface area (Å²) in [5.74, 6) is -0.0732. The number of carbonyl (C=O) groups is 2. The molecule has 0 unspecified atom stereocenters. The van der Waals surface area contributed by atoms with E-state index in [1.807, 2.05) is 0 Å². The molecule has 1 aliphatic carbocycles. The molecular weight excluding hydrogens is 168 g/mol. The number of hydrogen-bond donors (Lipinski definition) is 2. The van der Waals surface area contributed by atoms with E-state index in [1.54, 1.807) is 0 Å². The molecule has 2 fully saturated rings. The average Bonchev–Trinajstić information content (AvgIpc) is 2.14. The van der Waals surface area contributed by atoms with Gasteiger partial charge in [0.2, 0.25) is 5.91 Å². The summed E-state index contributed by atoms with van der Waals surface area (Å²) in [6.07, 6.45) is 5.24. The second kappa shape index (κ2) is 3.01. The average molecular weight is 182 g/mol. The van der Waals surface area contributed by atoms with Gasteiger partial charge in [0, 0.05) is 6.54 Å². The highest BCUT2D eigenvalue weighted by Gasteiger charge is 2.42. The van der Waals surface area contributed by atoms with Gasteiger partial charge in [0.25, 0.3) is 0 Å². The lowest BCUT2D eigenvalue weighted by atomic mass is 9.72. The minimum absolute atomic E-state index is 0.0732. The second-order valence-corrected chi connectivity index (χ2v) is 3.98. The van der Waals surface area contributed by atoms with E-state index in [9.17, 15) is 9.59 Å². The molecule has 0 bridgehead atoms. The lowest BCUT2D eigenvalue weighted by Crippen LogP contribution is -2.59. The summed E-state index contributed by atoms with van der Waals surface area (Å²) in [4.78, 5) is 22.5. The van der Waals surface area contributed by atoms with E-state index < -0.39 is 0 Å². The van der Waals surface area contributed by atoms with Crippen molar-refractivity contribution < 1.29 is 9.59 Å². The van der Waals surface area contributed by atoms with Crippen molar-refractivity contribution in [1.82, 2.24) is 10.6 Å². The zero-order chi connectivity index (χ0) is 9.31. The molecule has 1 aliphatic heterocycles. The molecule has 2 rings (SSSR count). The standard InChI is InChI=1S/C9H14N2O2/c12-7-9(4-2-1-3-5-9)6-10-8(13)11-7/h1-6H2,(H2,10,11,12,13). The van der Waals surface area contributed by atoms with Gasteiger partial charge in [-0.15, -0.1) is 0 Å². The Hall–Kier alpha value is -1.06. The minimum Gasteiger partial charge on any atom is -0.337 e. The fourth-order valence-corrected chi connectivity index (χ4v) is 2.24. The number of carbonyl (C=O) groups excluding carboxylic acids is 2. The molecule has 4 nitrogen and oxygen atoms in total. The predicted octanol–water partition coefficient (Wildman–Crippen LogP) is 0.776. The third-order valence-electron chi connectivity index (χ3n) is 3.11. The predicted molar refractivity (Wildman–Crippen MR) is 47.1 cm³/mol. The van der Waals surface area contributed by atoms with Crippen molar-refractivity contribution in [3.05, 3.63) is 0 Å². The maximum atomic E-state index is 11.6. The fraction of sp³-hybridized carbons (Fsp3) is 0.778. The van der Waals surface area contributed by atoms with Crippen molar-refractivity contribution in [3.8, 4) is 0 Å². The lowest BCUT2D eigenvalue weighted by Gasteiger charge is -2.38. The first-order valence-corrected chi connectivity index (χ1v) is 4.82. The largest absolute Gasteiger partial charge is 0.337 e. The Balaban J connectivity index is 2.12. The van der Waals surface area contributed by atoms with Gasteiger partial charge in [0.1, 0.15) is 0 Å². The molecule has 4 heteroatoms. The van der Waals surface area contributed by atoms with Gasteiger partial charge in [0.15, 0.2) is 0 Å².